The summed E-state index contributed by atoms with van der Waals surface area (Å²) in [5.41, 5.74) is 0. The highest BCUT2D eigenvalue weighted by Crippen LogP contribution is 2.45. The van der Waals surface area contributed by atoms with Crippen molar-refractivity contribution in [3.8, 4) is 0 Å². The van der Waals surface area contributed by atoms with E-state index in [0.29, 0.717) is 12.8 Å². The predicted molar refractivity (Wildman–Crippen MR) is 63.1 cm³/mol. The van der Waals surface area contributed by atoms with E-state index in [1.807, 2.05) is 0 Å². The molecule has 1 N–H and O–H groups in total. The average Bonchev–Trinajstić information content (AvgIpc) is 2.83. The van der Waals surface area contributed by atoms with Gasteiger partial charge in [-0.3, -0.25) is 0 Å². The lowest BCUT2D eigenvalue weighted by atomic mass is 10.2. The molecule has 0 radical (unpaired) electrons. The monoisotopic (exact) mass is 257 g/mol. The number of rotatable bonds is 5. The van der Waals surface area contributed by atoms with Crippen molar-refractivity contribution < 1.29 is 13.2 Å². The van der Waals surface area contributed by atoms with Gasteiger partial charge in [0.25, 0.3) is 0 Å². The lowest BCUT2D eigenvalue weighted by molar-refractivity contribution is 0.174. The van der Waals surface area contributed by atoms with Crippen LogP contribution in [0, 0.1) is 0 Å². The normalized spacial score (nSPS) is 19.5. The van der Waals surface area contributed by atoms with E-state index in [-0.39, 0.29) is 19.0 Å². The number of halogens is 1. The van der Waals surface area contributed by atoms with E-state index in [2.05, 4.69) is 5.32 Å². The highest BCUT2D eigenvalue weighted by molar-refractivity contribution is 7.94. The summed E-state index contributed by atoms with van der Waals surface area (Å²) in [6, 6.07) is 0. The lowest BCUT2D eigenvalue weighted by Gasteiger charge is -2.29. The maximum Gasteiger partial charge on any atom is 0.176 e. The summed E-state index contributed by atoms with van der Waals surface area (Å²) in [7, 11) is 0.0506. The Hall–Kier alpha value is 0.160. The molecule has 1 rings (SSSR count). The fraction of sp³-hybridized carbons (Fsp3) is 1.00. The van der Waals surface area contributed by atoms with Crippen molar-refractivity contribution in [2.45, 2.75) is 36.3 Å². The van der Waals surface area contributed by atoms with E-state index in [0.717, 1.165) is 0 Å². The first-order valence-corrected chi connectivity index (χ1v) is 6.23. The minimum absolute atomic E-state index is 0. The molecule has 0 aromatic rings. The first-order chi connectivity index (χ1) is 6.33. The van der Waals surface area contributed by atoms with Gasteiger partial charge in [0.1, 0.15) is 4.87 Å². The predicted octanol–water partition coefficient (Wildman–Crippen LogP) is 0.957. The van der Waals surface area contributed by atoms with Crippen LogP contribution in [0.1, 0.15) is 26.7 Å². The molecule has 92 valence electrons. The van der Waals surface area contributed by atoms with Gasteiger partial charge >= 0.3 is 0 Å². The zero-order valence-electron chi connectivity index (χ0n) is 9.66. The Balaban J connectivity index is 0.00000196. The molecule has 1 aliphatic carbocycles. The topological polar surface area (TPSA) is 55.4 Å². The molecule has 0 aromatic heterocycles. The molecule has 0 saturated heterocycles. The third-order valence-corrected chi connectivity index (χ3v) is 6.11. The molecule has 0 aliphatic heterocycles. The van der Waals surface area contributed by atoms with Crippen molar-refractivity contribution in [1.29, 1.82) is 0 Å². The second kappa shape index (κ2) is 4.57. The van der Waals surface area contributed by atoms with Crippen molar-refractivity contribution in [2.24, 2.45) is 0 Å². The fourth-order valence-corrected chi connectivity index (χ4v) is 3.96. The van der Waals surface area contributed by atoms with Gasteiger partial charge in [-0.2, -0.15) is 0 Å². The van der Waals surface area contributed by atoms with E-state index in [9.17, 15) is 8.42 Å². The van der Waals surface area contributed by atoms with Crippen LogP contribution >= 0.6 is 12.4 Å². The van der Waals surface area contributed by atoms with Gasteiger partial charge in [0.2, 0.25) is 0 Å². The molecule has 0 heterocycles. The summed E-state index contributed by atoms with van der Waals surface area (Å²) in [5, 5.41) is 2.91. The maximum absolute atomic E-state index is 12.2. The zero-order chi connectivity index (χ0) is 11.0. The first kappa shape index (κ1) is 15.2. The number of sulfone groups is 1. The molecular formula is C9H20ClNO3S. The van der Waals surface area contributed by atoms with E-state index in [1.54, 1.807) is 20.9 Å². The minimum Gasteiger partial charge on any atom is -0.383 e. The lowest BCUT2D eigenvalue weighted by Crippen LogP contribution is -2.49. The number of hydrogen-bond donors (Lipinski definition) is 1. The fourth-order valence-electron chi connectivity index (χ4n) is 1.72. The standard InChI is InChI=1S/C9H19NO3S.ClH/c1-8(2,7-13-4)14(11,12)9(10-3)5-6-9;/h10H,5-7H2,1-4H3;1H. The SMILES string of the molecule is CNC1(S(=O)(=O)C(C)(C)COC)CC1.Cl. The van der Waals surface area contributed by atoms with Crippen LogP contribution in [-0.2, 0) is 14.6 Å². The summed E-state index contributed by atoms with van der Waals surface area (Å²) in [6.07, 6.45) is 1.41. The summed E-state index contributed by atoms with van der Waals surface area (Å²) in [5.74, 6) is 0. The molecule has 0 bridgehead atoms. The van der Waals surface area contributed by atoms with Crippen LogP contribution < -0.4 is 5.32 Å². The Bertz CT molecular complexity index is 309. The Morgan fingerprint density at radius 1 is 1.40 bits per heavy atom. The Kier molecular flexibility index (Phi) is 4.62. The average molecular weight is 258 g/mol. The quantitative estimate of drug-likeness (QED) is 0.797. The molecule has 6 heteroatoms. The van der Waals surface area contributed by atoms with Crippen LogP contribution in [0.5, 0.6) is 0 Å². The van der Waals surface area contributed by atoms with Crippen molar-refractivity contribution in [3.63, 3.8) is 0 Å². The van der Waals surface area contributed by atoms with Gasteiger partial charge in [-0.25, -0.2) is 8.42 Å². The van der Waals surface area contributed by atoms with Gasteiger partial charge in [-0.15, -0.1) is 12.4 Å². The molecule has 1 saturated carbocycles. The molecule has 0 unspecified atom stereocenters. The largest absolute Gasteiger partial charge is 0.383 e. The third kappa shape index (κ3) is 2.30. The van der Waals surface area contributed by atoms with Crippen LogP contribution in [0.3, 0.4) is 0 Å². The van der Waals surface area contributed by atoms with Gasteiger partial charge in [0.15, 0.2) is 9.84 Å². The number of nitrogens with one attached hydrogen (secondary N) is 1. The van der Waals surface area contributed by atoms with Crippen molar-refractivity contribution in [2.75, 3.05) is 20.8 Å². The number of hydrogen-bond acceptors (Lipinski definition) is 4. The molecule has 0 aromatic carbocycles. The Morgan fingerprint density at radius 3 is 2.13 bits per heavy atom. The molecule has 0 amide bonds. The van der Waals surface area contributed by atoms with E-state index in [1.165, 1.54) is 7.11 Å². The maximum atomic E-state index is 12.2. The van der Waals surface area contributed by atoms with Crippen LogP contribution in [0.15, 0.2) is 0 Å². The molecule has 4 nitrogen and oxygen atoms in total. The highest BCUT2D eigenvalue weighted by Gasteiger charge is 2.58. The second-order valence-corrected chi connectivity index (χ2v) is 7.33. The summed E-state index contributed by atoms with van der Waals surface area (Å²) >= 11 is 0. The Labute approximate surface area is 98.1 Å². The van der Waals surface area contributed by atoms with Crippen LogP contribution in [-0.4, -0.2) is 38.8 Å². The summed E-state index contributed by atoms with van der Waals surface area (Å²) in [4.78, 5) is -0.685. The number of methoxy groups -OCH3 is 1. The molecule has 1 aliphatic rings. The third-order valence-electron chi connectivity index (χ3n) is 2.89. The van der Waals surface area contributed by atoms with Crippen LogP contribution in [0.4, 0.5) is 0 Å². The van der Waals surface area contributed by atoms with Gasteiger partial charge in [0, 0.05) is 7.11 Å². The molecule has 15 heavy (non-hydrogen) atoms. The molecule has 0 spiro atoms. The summed E-state index contributed by atoms with van der Waals surface area (Å²) < 4.78 is 28.6. The van der Waals surface area contributed by atoms with E-state index < -0.39 is 19.5 Å². The van der Waals surface area contributed by atoms with Crippen LogP contribution in [0.25, 0.3) is 0 Å². The molecule has 1 fully saturated rings. The number of ether oxygens (including phenoxy) is 1. The Morgan fingerprint density at radius 2 is 1.87 bits per heavy atom. The second-order valence-electron chi connectivity index (χ2n) is 4.44. The van der Waals surface area contributed by atoms with Gasteiger partial charge in [0.05, 0.1) is 11.4 Å². The van der Waals surface area contributed by atoms with Gasteiger partial charge < -0.3 is 10.1 Å². The van der Waals surface area contributed by atoms with Crippen molar-refractivity contribution >= 4 is 22.2 Å². The van der Waals surface area contributed by atoms with Crippen molar-refractivity contribution in [3.05, 3.63) is 0 Å². The highest BCUT2D eigenvalue weighted by atomic mass is 35.5. The zero-order valence-corrected chi connectivity index (χ0v) is 11.3. The van der Waals surface area contributed by atoms with E-state index in [4.69, 9.17) is 4.74 Å². The van der Waals surface area contributed by atoms with E-state index >= 15 is 0 Å². The van der Waals surface area contributed by atoms with Gasteiger partial charge in [-0.05, 0) is 33.7 Å². The van der Waals surface area contributed by atoms with Crippen LogP contribution in [0.2, 0.25) is 0 Å². The minimum atomic E-state index is -3.18. The summed E-state index contributed by atoms with van der Waals surface area (Å²) in [6.45, 7) is 3.66. The molecule has 0 atom stereocenters. The van der Waals surface area contributed by atoms with Crippen molar-refractivity contribution in [1.82, 2.24) is 5.32 Å². The molecular weight excluding hydrogens is 238 g/mol. The first-order valence-electron chi connectivity index (χ1n) is 4.75. The van der Waals surface area contributed by atoms with Gasteiger partial charge in [-0.1, -0.05) is 0 Å². The smallest absolute Gasteiger partial charge is 0.176 e.